The second kappa shape index (κ2) is 4.14. The number of aromatic nitrogens is 2. The van der Waals surface area contributed by atoms with Gasteiger partial charge in [-0.3, -0.25) is 4.79 Å². The van der Waals surface area contributed by atoms with Crippen molar-refractivity contribution in [2.24, 2.45) is 0 Å². The van der Waals surface area contributed by atoms with Crippen molar-refractivity contribution in [3.63, 3.8) is 0 Å². The minimum Gasteiger partial charge on any atom is -0.359 e. The van der Waals surface area contributed by atoms with Gasteiger partial charge < -0.3 is 9.09 Å². The number of fused-ring (bicyclic) bond motifs is 1. The largest absolute Gasteiger partial charge is 0.359 e. The van der Waals surface area contributed by atoms with Gasteiger partial charge >= 0.3 is 0 Å². The van der Waals surface area contributed by atoms with Gasteiger partial charge in [0.25, 0.3) is 5.56 Å². The molecule has 0 bridgehead atoms. The summed E-state index contributed by atoms with van der Waals surface area (Å²) >= 11 is 0. The summed E-state index contributed by atoms with van der Waals surface area (Å²) in [4.78, 5) is 11.9. The molecule has 0 amide bonds. The first-order valence-corrected chi connectivity index (χ1v) is 5.75. The molecule has 3 aromatic rings. The Morgan fingerprint density at radius 1 is 1.22 bits per heavy atom. The molecule has 0 aliphatic heterocycles. The monoisotopic (exact) mass is 240 g/mol. The van der Waals surface area contributed by atoms with Crippen LogP contribution in [0.4, 0.5) is 0 Å². The average molecular weight is 240 g/mol. The zero-order chi connectivity index (χ0) is 12.5. The van der Waals surface area contributed by atoms with Gasteiger partial charge in [0.2, 0.25) is 0 Å². The van der Waals surface area contributed by atoms with E-state index in [1.807, 2.05) is 43.3 Å². The van der Waals surface area contributed by atoms with Crippen molar-refractivity contribution < 1.29 is 4.52 Å². The Balaban J connectivity index is 2.16. The number of benzene rings is 1. The van der Waals surface area contributed by atoms with Crippen LogP contribution in [0.5, 0.6) is 0 Å². The van der Waals surface area contributed by atoms with E-state index < -0.39 is 0 Å². The Morgan fingerprint density at radius 2 is 2.06 bits per heavy atom. The van der Waals surface area contributed by atoms with Gasteiger partial charge in [0.15, 0.2) is 5.76 Å². The van der Waals surface area contributed by atoms with Crippen molar-refractivity contribution in [3.8, 4) is 0 Å². The van der Waals surface area contributed by atoms with Gasteiger partial charge in [-0.2, -0.15) is 0 Å². The van der Waals surface area contributed by atoms with Crippen LogP contribution >= 0.6 is 0 Å². The second-order valence-electron chi connectivity index (χ2n) is 4.25. The summed E-state index contributed by atoms with van der Waals surface area (Å²) in [5.74, 6) is 0.686. The van der Waals surface area contributed by atoms with Crippen molar-refractivity contribution in [1.29, 1.82) is 0 Å². The second-order valence-corrected chi connectivity index (χ2v) is 4.25. The van der Waals surface area contributed by atoms with E-state index in [0.717, 1.165) is 16.6 Å². The lowest BCUT2D eigenvalue weighted by molar-refractivity contribution is 0.373. The van der Waals surface area contributed by atoms with Crippen molar-refractivity contribution in [3.05, 3.63) is 64.3 Å². The van der Waals surface area contributed by atoms with Crippen LogP contribution in [0.3, 0.4) is 0 Å². The van der Waals surface area contributed by atoms with Gasteiger partial charge in [0.1, 0.15) is 0 Å². The average Bonchev–Trinajstić information content (AvgIpc) is 2.79. The normalized spacial score (nSPS) is 10.9. The summed E-state index contributed by atoms with van der Waals surface area (Å²) < 4.78 is 6.85. The van der Waals surface area contributed by atoms with Crippen LogP contribution in [0.2, 0.25) is 0 Å². The number of hydrogen-bond donors (Lipinski definition) is 0. The molecule has 18 heavy (non-hydrogen) atoms. The predicted octanol–water partition coefficient (Wildman–Crippen LogP) is 2.35. The Morgan fingerprint density at radius 3 is 2.83 bits per heavy atom. The summed E-state index contributed by atoms with van der Waals surface area (Å²) in [5.41, 5.74) is 1.68. The molecule has 4 heteroatoms. The molecule has 0 saturated heterocycles. The van der Waals surface area contributed by atoms with Crippen LogP contribution in [0.25, 0.3) is 10.9 Å². The molecule has 90 valence electrons. The molecular formula is C14H12N2O2. The number of para-hydroxylation sites is 1. The first-order chi connectivity index (χ1) is 8.74. The zero-order valence-corrected chi connectivity index (χ0v) is 9.96. The first kappa shape index (κ1) is 10.8. The highest BCUT2D eigenvalue weighted by Gasteiger charge is 2.06. The molecule has 0 fully saturated rings. The Bertz CT molecular complexity index is 756. The molecule has 2 heterocycles. The van der Waals surface area contributed by atoms with Gasteiger partial charge in [-0.05, 0) is 24.4 Å². The van der Waals surface area contributed by atoms with E-state index in [0.29, 0.717) is 12.3 Å². The van der Waals surface area contributed by atoms with E-state index >= 15 is 0 Å². The molecular weight excluding hydrogens is 228 g/mol. The maximum Gasteiger partial charge on any atom is 0.251 e. The Labute approximate surface area is 103 Å². The van der Waals surface area contributed by atoms with Crippen molar-refractivity contribution >= 4 is 10.9 Å². The van der Waals surface area contributed by atoms with Gasteiger partial charge in [0, 0.05) is 12.1 Å². The van der Waals surface area contributed by atoms with Crippen LogP contribution in [0.15, 0.2) is 51.8 Å². The SMILES string of the molecule is Cc1cc(Cn2c(=O)ccc3ccccc32)on1. The molecule has 0 N–H and O–H groups in total. The third kappa shape index (κ3) is 1.82. The molecule has 2 aromatic heterocycles. The van der Waals surface area contributed by atoms with E-state index in [1.165, 1.54) is 0 Å². The summed E-state index contributed by atoms with van der Waals surface area (Å²) in [5, 5.41) is 4.87. The van der Waals surface area contributed by atoms with Crippen LogP contribution in [0, 0.1) is 6.92 Å². The third-order valence-corrected chi connectivity index (χ3v) is 2.89. The van der Waals surface area contributed by atoms with Crippen molar-refractivity contribution in [1.82, 2.24) is 9.72 Å². The number of aryl methyl sites for hydroxylation is 1. The number of rotatable bonds is 2. The van der Waals surface area contributed by atoms with E-state index in [2.05, 4.69) is 5.16 Å². The first-order valence-electron chi connectivity index (χ1n) is 5.75. The van der Waals surface area contributed by atoms with Gasteiger partial charge in [-0.1, -0.05) is 23.4 Å². The maximum atomic E-state index is 11.9. The quantitative estimate of drug-likeness (QED) is 0.690. The van der Waals surface area contributed by atoms with Crippen LogP contribution in [-0.4, -0.2) is 9.72 Å². The number of pyridine rings is 1. The van der Waals surface area contributed by atoms with Crippen molar-refractivity contribution in [2.45, 2.75) is 13.5 Å². The topological polar surface area (TPSA) is 48.0 Å². The van der Waals surface area contributed by atoms with Gasteiger partial charge in [0.05, 0.1) is 17.8 Å². The van der Waals surface area contributed by atoms with E-state index in [-0.39, 0.29) is 5.56 Å². The Kier molecular flexibility index (Phi) is 2.48. The van der Waals surface area contributed by atoms with Gasteiger partial charge in [-0.25, -0.2) is 0 Å². The fourth-order valence-electron chi connectivity index (χ4n) is 2.05. The predicted molar refractivity (Wildman–Crippen MR) is 68.6 cm³/mol. The maximum absolute atomic E-state index is 11.9. The minimum absolute atomic E-state index is 0.0391. The lowest BCUT2D eigenvalue weighted by Crippen LogP contribution is -2.19. The summed E-state index contributed by atoms with van der Waals surface area (Å²) in [6.07, 6.45) is 0. The lowest BCUT2D eigenvalue weighted by atomic mass is 10.2. The number of hydrogen-bond acceptors (Lipinski definition) is 3. The zero-order valence-electron chi connectivity index (χ0n) is 9.96. The molecule has 0 radical (unpaired) electrons. The molecule has 0 saturated carbocycles. The fourth-order valence-corrected chi connectivity index (χ4v) is 2.05. The molecule has 3 rings (SSSR count). The highest BCUT2D eigenvalue weighted by atomic mass is 16.5. The molecule has 0 atom stereocenters. The van der Waals surface area contributed by atoms with Crippen LogP contribution < -0.4 is 5.56 Å². The molecule has 1 aromatic carbocycles. The van der Waals surface area contributed by atoms with Gasteiger partial charge in [-0.15, -0.1) is 0 Å². The molecule has 0 spiro atoms. The molecule has 4 nitrogen and oxygen atoms in total. The molecule has 0 aliphatic carbocycles. The summed E-state index contributed by atoms with van der Waals surface area (Å²) in [6, 6.07) is 13.0. The smallest absolute Gasteiger partial charge is 0.251 e. The molecule has 0 unspecified atom stereocenters. The minimum atomic E-state index is -0.0391. The van der Waals surface area contributed by atoms with Crippen molar-refractivity contribution in [2.75, 3.05) is 0 Å². The lowest BCUT2D eigenvalue weighted by Gasteiger charge is -2.07. The highest BCUT2D eigenvalue weighted by Crippen LogP contribution is 2.13. The van der Waals surface area contributed by atoms with Crippen LogP contribution in [-0.2, 0) is 6.54 Å². The highest BCUT2D eigenvalue weighted by molar-refractivity contribution is 5.78. The fraction of sp³-hybridized carbons (Fsp3) is 0.143. The standard InChI is InChI=1S/C14H12N2O2/c1-10-8-12(18-15-10)9-16-13-5-3-2-4-11(13)6-7-14(16)17/h2-8H,9H2,1H3. The molecule has 0 aliphatic rings. The Hall–Kier alpha value is -2.36. The van der Waals surface area contributed by atoms with E-state index in [4.69, 9.17) is 4.52 Å². The number of nitrogens with zero attached hydrogens (tertiary/aromatic N) is 2. The summed E-state index contributed by atoms with van der Waals surface area (Å²) in [7, 11) is 0. The van der Waals surface area contributed by atoms with Crippen LogP contribution in [0.1, 0.15) is 11.5 Å². The summed E-state index contributed by atoms with van der Waals surface area (Å²) in [6.45, 7) is 2.26. The van der Waals surface area contributed by atoms with E-state index in [1.54, 1.807) is 10.6 Å². The van der Waals surface area contributed by atoms with E-state index in [9.17, 15) is 4.79 Å². The third-order valence-electron chi connectivity index (χ3n) is 2.89.